The predicted octanol–water partition coefficient (Wildman–Crippen LogP) is 1.65. The number of hydrogen-bond donors (Lipinski definition) is 1. The third-order valence-electron chi connectivity index (χ3n) is 2.94. The summed E-state index contributed by atoms with van der Waals surface area (Å²) in [6, 6.07) is 11.9. The van der Waals surface area contributed by atoms with E-state index in [-0.39, 0.29) is 0 Å². The maximum atomic E-state index is 3.52. The summed E-state index contributed by atoms with van der Waals surface area (Å²) in [4.78, 5) is 2.43. The van der Waals surface area contributed by atoms with E-state index in [1.54, 1.807) is 0 Å². The van der Waals surface area contributed by atoms with E-state index in [1.807, 2.05) is 0 Å². The molecule has 0 bridgehead atoms. The molecule has 76 valence electrons. The van der Waals surface area contributed by atoms with Gasteiger partial charge < -0.3 is 5.32 Å². The lowest BCUT2D eigenvalue weighted by molar-refractivity contribution is 0.171. The second-order valence-electron chi connectivity index (χ2n) is 4.18. The largest absolute Gasteiger partial charge is 0.311 e. The van der Waals surface area contributed by atoms with Crippen LogP contribution in [0.15, 0.2) is 30.3 Å². The molecule has 1 aliphatic rings. The predicted molar refractivity (Wildman–Crippen MR) is 59.3 cm³/mol. The highest BCUT2D eigenvalue weighted by molar-refractivity contribution is 5.20. The molecule has 1 aliphatic heterocycles. The van der Waals surface area contributed by atoms with Crippen LogP contribution in [0.1, 0.15) is 18.5 Å². The average molecular weight is 190 g/mol. The standard InChI is InChI=1S/C12H18N2/c1-10-9-14(2)12(8-13-10)11-6-4-3-5-7-11/h3-7,10,12-13H,8-9H2,1-2H3/t10-,12?/m1/s1. The number of piperazine rings is 1. The Morgan fingerprint density at radius 3 is 2.64 bits per heavy atom. The molecule has 1 heterocycles. The lowest BCUT2D eigenvalue weighted by Gasteiger charge is -2.37. The Morgan fingerprint density at radius 2 is 2.00 bits per heavy atom. The zero-order valence-electron chi connectivity index (χ0n) is 8.90. The minimum atomic E-state index is 0.535. The highest BCUT2D eigenvalue weighted by Gasteiger charge is 2.23. The number of benzene rings is 1. The molecule has 1 aromatic carbocycles. The van der Waals surface area contributed by atoms with Crippen molar-refractivity contribution < 1.29 is 0 Å². The first-order chi connectivity index (χ1) is 6.77. The van der Waals surface area contributed by atoms with Crippen LogP contribution >= 0.6 is 0 Å². The van der Waals surface area contributed by atoms with Crippen LogP contribution in [0.3, 0.4) is 0 Å². The maximum Gasteiger partial charge on any atom is 0.0470 e. The molecular weight excluding hydrogens is 172 g/mol. The van der Waals surface area contributed by atoms with Gasteiger partial charge in [0.25, 0.3) is 0 Å². The first kappa shape index (κ1) is 9.69. The molecule has 2 atom stereocenters. The molecule has 2 nitrogen and oxygen atoms in total. The van der Waals surface area contributed by atoms with Crippen LogP contribution < -0.4 is 5.32 Å². The summed E-state index contributed by atoms with van der Waals surface area (Å²) in [5.41, 5.74) is 1.41. The fourth-order valence-electron chi connectivity index (χ4n) is 2.14. The van der Waals surface area contributed by atoms with Crippen LogP contribution in [0.25, 0.3) is 0 Å². The molecule has 2 rings (SSSR count). The van der Waals surface area contributed by atoms with Crippen LogP contribution in [-0.4, -0.2) is 31.1 Å². The minimum absolute atomic E-state index is 0.535. The summed E-state index contributed by atoms with van der Waals surface area (Å²) < 4.78 is 0. The first-order valence-corrected chi connectivity index (χ1v) is 5.26. The molecule has 2 heteroatoms. The van der Waals surface area contributed by atoms with Crippen molar-refractivity contribution in [3.8, 4) is 0 Å². The third-order valence-corrected chi connectivity index (χ3v) is 2.94. The molecule has 1 saturated heterocycles. The molecule has 14 heavy (non-hydrogen) atoms. The van der Waals surface area contributed by atoms with Gasteiger partial charge >= 0.3 is 0 Å². The SMILES string of the molecule is C[C@@H]1CN(C)C(c2ccccc2)CN1. The van der Waals surface area contributed by atoms with E-state index < -0.39 is 0 Å². The summed E-state index contributed by atoms with van der Waals surface area (Å²) in [5.74, 6) is 0. The van der Waals surface area contributed by atoms with Crippen LogP contribution in [-0.2, 0) is 0 Å². The molecule has 1 N–H and O–H groups in total. The molecule has 0 aromatic heterocycles. The van der Waals surface area contributed by atoms with Crippen LogP contribution in [0.5, 0.6) is 0 Å². The van der Waals surface area contributed by atoms with E-state index in [0.717, 1.165) is 13.1 Å². The Bertz CT molecular complexity index is 284. The molecule has 1 unspecified atom stereocenters. The van der Waals surface area contributed by atoms with Gasteiger partial charge in [0, 0.05) is 25.2 Å². The van der Waals surface area contributed by atoms with E-state index in [2.05, 4.69) is 54.5 Å². The van der Waals surface area contributed by atoms with Crippen molar-refractivity contribution >= 4 is 0 Å². The molecule has 1 aromatic rings. The van der Waals surface area contributed by atoms with Gasteiger partial charge in [-0.15, -0.1) is 0 Å². The summed E-state index contributed by atoms with van der Waals surface area (Å²) in [6.07, 6.45) is 0. The van der Waals surface area contributed by atoms with Gasteiger partial charge in [0.1, 0.15) is 0 Å². The summed E-state index contributed by atoms with van der Waals surface area (Å²) in [5, 5.41) is 3.52. The van der Waals surface area contributed by atoms with E-state index >= 15 is 0 Å². The number of hydrogen-bond acceptors (Lipinski definition) is 2. The van der Waals surface area contributed by atoms with Gasteiger partial charge in [0.05, 0.1) is 0 Å². The first-order valence-electron chi connectivity index (χ1n) is 5.26. The Labute approximate surface area is 85.9 Å². The Morgan fingerprint density at radius 1 is 1.29 bits per heavy atom. The van der Waals surface area contributed by atoms with Gasteiger partial charge in [0.15, 0.2) is 0 Å². The van der Waals surface area contributed by atoms with Crippen molar-refractivity contribution in [2.24, 2.45) is 0 Å². The lowest BCUT2D eigenvalue weighted by Crippen LogP contribution is -2.49. The molecule has 0 spiro atoms. The summed E-state index contributed by atoms with van der Waals surface area (Å²) >= 11 is 0. The van der Waals surface area contributed by atoms with Gasteiger partial charge in [-0.3, -0.25) is 4.90 Å². The maximum absolute atomic E-state index is 3.52. The Balaban J connectivity index is 2.12. The topological polar surface area (TPSA) is 15.3 Å². The highest BCUT2D eigenvalue weighted by atomic mass is 15.2. The zero-order chi connectivity index (χ0) is 9.97. The molecule has 0 aliphatic carbocycles. The Hall–Kier alpha value is -0.860. The normalized spacial score (nSPS) is 29.0. The number of likely N-dealkylation sites (N-methyl/N-ethyl adjacent to an activating group) is 1. The monoisotopic (exact) mass is 190 g/mol. The van der Waals surface area contributed by atoms with Crippen LogP contribution in [0, 0.1) is 0 Å². The van der Waals surface area contributed by atoms with Crippen LogP contribution in [0.2, 0.25) is 0 Å². The number of nitrogens with one attached hydrogen (secondary N) is 1. The lowest BCUT2D eigenvalue weighted by atomic mass is 10.0. The second-order valence-corrected chi connectivity index (χ2v) is 4.18. The molecule has 1 fully saturated rings. The smallest absolute Gasteiger partial charge is 0.0470 e. The van der Waals surface area contributed by atoms with Crippen molar-refractivity contribution in [1.82, 2.24) is 10.2 Å². The summed E-state index contributed by atoms with van der Waals surface area (Å²) in [7, 11) is 2.20. The van der Waals surface area contributed by atoms with E-state index in [1.165, 1.54) is 5.56 Å². The van der Waals surface area contributed by atoms with Crippen LogP contribution in [0.4, 0.5) is 0 Å². The number of nitrogens with zero attached hydrogens (tertiary/aromatic N) is 1. The zero-order valence-corrected chi connectivity index (χ0v) is 8.90. The van der Waals surface area contributed by atoms with Gasteiger partial charge in [0.2, 0.25) is 0 Å². The Kier molecular flexibility index (Phi) is 2.85. The van der Waals surface area contributed by atoms with Gasteiger partial charge in [-0.25, -0.2) is 0 Å². The quantitative estimate of drug-likeness (QED) is 0.724. The third kappa shape index (κ3) is 1.97. The van der Waals surface area contributed by atoms with E-state index in [0.29, 0.717) is 12.1 Å². The van der Waals surface area contributed by atoms with Gasteiger partial charge in [-0.05, 0) is 19.5 Å². The van der Waals surface area contributed by atoms with Gasteiger partial charge in [-0.1, -0.05) is 30.3 Å². The van der Waals surface area contributed by atoms with Crippen molar-refractivity contribution in [3.05, 3.63) is 35.9 Å². The summed E-state index contributed by atoms with van der Waals surface area (Å²) in [6.45, 7) is 4.42. The average Bonchev–Trinajstić information content (AvgIpc) is 2.19. The molecule has 0 saturated carbocycles. The van der Waals surface area contributed by atoms with Crippen molar-refractivity contribution in [2.45, 2.75) is 19.0 Å². The minimum Gasteiger partial charge on any atom is -0.311 e. The number of rotatable bonds is 1. The second kappa shape index (κ2) is 4.11. The van der Waals surface area contributed by atoms with Gasteiger partial charge in [-0.2, -0.15) is 0 Å². The van der Waals surface area contributed by atoms with Crippen molar-refractivity contribution in [3.63, 3.8) is 0 Å². The highest BCUT2D eigenvalue weighted by Crippen LogP contribution is 2.21. The van der Waals surface area contributed by atoms with Crippen molar-refractivity contribution in [1.29, 1.82) is 0 Å². The van der Waals surface area contributed by atoms with Crippen molar-refractivity contribution in [2.75, 3.05) is 20.1 Å². The fourth-order valence-corrected chi connectivity index (χ4v) is 2.14. The fraction of sp³-hybridized carbons (Fsp3) is 0.500. The molecule has 0 radical (unpaired) electrons. The van der Waals surface area contributed by atoms with E-state index in [4.69, 9.17) is 0 Å². The van der Waals surface area contributed by atoms with E-state index in [9.17, 15) is 0 Å². The molecular formula is C12H18N2. The molecule has 0 amide bonds.